The summed E-state index contributed by atoms with van der Waals surface area (Å²) in [5, 5.41) is 8.61. The fourth-order valence-electron chi connectivity index (χ4n) is 2.61. The molecule has 0 fully saturated rings. The summed E-state index contributed by atoms with van der Waals surface area (Å²) >= 11 is 1.13. The van der Waals surface area contributed by atoms with Crippen molar-refractivity contribution in [2.24, 2.45) is 0 Å². The number of halogens is 1. The predicted molar refractivity (Wildman–Crippen MR) is 112 cm³/mol. The third-order valence-corrected chi connectivity index (χ3v) is 5.06. The third-order valence-electron chi connectivity index (χ3n) is 3.91. The first-order valence-electron chi connectivity index (χ1n) is 8.68. The van der Waals surface area contributed by atoms with Gasteiger partial charge in [-0.2, -0.15) is 0 Å². The van der Waals surface area contributed by atoms with E-state index in [1.165, 1.54) is 25.1 Å². The molecule has 3 aromatic rings. The van der Waals surface area contributed by atoms with Gasteiger partial charge in [-0.3, -0.25) is 14.4 Å². The van der Waals surface area contributed by atoms with Crippen molar-refractivity contribution in [2.45, 2.75) is 13.8 Å². The van der Waals surface area contributed by atoms with Crippen LogP contribution in [-0.4, -0.2) is 17.7 Å². The molecule has 148 valence electrons. The molecule has 0 atom stereocenters. The number of nitrogens with one attached hydrogen (secondary N) is 3. The molecule has 3 rings (SSSR count). The van der Waals surface area contributed by atoms with E-state index in [0.717, 1.165) is 17.4 Å². The average molecular weight is 411 g/mol. The van der Waals surface area contributed by atoms with Crippen molar-refractivity contribution in [3.8, 4) is 0 Å². The smallest absolute Gasteiger partial charge is 0.266 e. The second-order valence-corrected chi connectivity index (χ2v) is 7.35. The molecule has 0 saturated carbocycles. The van der Waals surface area contributed by atoms with E-state index in [-0.39, 0.29) is 17.4 Å². The molecule has 8 heteroatoms. The summed E-state index contributed by atoms with van der Waals surface area (Å²) in [7, 11) is 0. The van der Waals surface area contributed by atoms with Crippen LogP contribution in [0.2, 0.25) is 0 Å². The number of carbonyl (C=O) groups is 3. The number of hydrogen-bond donors (Lipinski definition) is 3. The van der Waals surface area contributed by atoms with Crippen LogP contribution in [0.4, 0.5) is 20.8 Å². The van der Waals surface area contributed by atoms with Crippen molar-refractivity contribution >= 4 is 45.4 Å². The number of amides is 3. The normalized spacial score (nSPS) is 10.3. The Kier molecular flexibility index (Phi) is 6.04. The van der Waals surface area contributed by atoms with Crippen LogP contribution in [-0.2, 0) is 4.79 Å². The second kappa shape index (κ2) is 8.66. The topological polar surface area (TPSA) is 87.3 Å². The molecule has 3 amide bonds. The Labute approximate surface area is 170 Å². The second-order valence-electron chi connectivity index (χ2n) is 6.30. The number of benzene rings is 2. The quantitative estimate of drug-likeness (QED) is 0.571. The predicted octanol–water partition coefficient (Wildman–Crippen LogP) is 4.66. The highest BCUT2D eigenvalue weighted by Gasteiger charge is 2.16. The molecule has 1 aromatic heterocycles. The molecule has 6 nitrogen and oxygen atoms in total. The van der Waals surface area contributed by atoms with Gasteiger partial charge in [-0.15, -0.1) is 11.3 Å². The fraction of sp³-hybridized carbons (Fsp3) is 0.0952. The minimum Gasteiger partial charge on any atom is -0.326 e. The van der Waals surface area contributed by atoms with E-state index in [1.54, 1.807) is 37.3 Å². The van der Waals surface area contributed by atoms with Crippen molar-refractivity contribution < 1.29 is 18.8 Å². The molecule has 0 aliphatic rings. The van der Waals surface area contributed by atoms with E-state index in [2.05, 4.69) is 16.0 Å². The Hall–Kier alpha value is -3.52. The zero-order chi connectivity index (χ0) is 21.0. The Morgan fingerprint density at radius 2 is 1.52 bits per heavy atom. The molecule has 0 aliphatic carbocycles. The van der Waals surface area contributed by atoms with Crippen LogP contribution >= 0.6 is 11.3 Å². The van der Waals surface area contributed by atoms with Gasteiger partial charge in [0.05, 0.1) is 9.88 Å². The summed E-state index contributed by atoms with van der Waals surface area (Å²) in [4.78, 5) is 36.3. The van der Waals surface area contributed by atoms with Gasteiger partial charge in [-0.1, -0.05) is 6.07 Å². The standard InChI is InChI=1S/C21H18FN3O3S/c1-12-10-18(25-20(27)14-4-3-5-15(22)11-14)29-19(12)21(28)24-17-8-6-16(7-9-17)23-13(2)26/h3-11H,1-2H3,(H,23,26)(H,24,28)(H,25,27). The Morgan fingerprint density at radius 1 is 0.862 bits per heavy atom. The van der Waals surface area contributed by atoms with E-state index in [4.69, 9.17) is 0 Å². The average Bonchev–Trinajstić information content (AvgIpc) is 3.03. The lowest BCUT2D eigenvalue weighted by Gasteiger charge is -2.06. The molecule has 29 heavy (non-hydrogen) atoms. The first kappa shape index (κ1) is 20.2. The van der Waals surface area contributed by atoms with Crippen molar-refractivity contribution in [2.75, 3.05) is 16.0 Å². The lowest BCUT2D eigenvalue weighted by molar-refractivity contribution is -0.114. The number of aryl methyl sites for hydroxylation is 1. The van der Waals surface area contributed by atoms with Crippen molar-refractivity contribution in [1.82, 2.24) is 0 Å². The molecule has 0 radical (unpaired) electrons. The summed E-state index contributed by atoms with van der Waals surface area (Å²) in [6.45, 7) is 3.18. The van der Waals surface area contributed by atoms with Crippen molar-refractivity contribution in [3.63, 3.8) is 0 Å². The maximum Gasteiger partial charge on any atom is 0.266 e. The van der Waals surface area contributed by atoms with Crippen LogP contribution in [0.15, 0.2) is 54.6 Å². The van der Waals surface area contributed by atoms with Crippen LogP contribution in [0.3, 0.4) is 0 Å². The maximum atomic E-state index is 13.3. The Balaban J connectivity index is 1.68. The first-order chi connectivity index (χ1) is 13.8. The molecule has 3 N–H and O–H groups in total. The van der Waals surface area contributed by atoms with E-state index >= 15 is 0 Å². The number of thiophene rings is 1. The van der Waals surface area contributed by atoms with Gasteiger partial charge in [0, 0.05) is 23.9 Å². The number of rotatable bonds is 5. The van der Waals surface area contributed by atoms with Crippen LogP contribution in [0.5, 0.6) is 0 Å². The number of hydrogen-bond acceptors (Lipinski definition) is 4. The fourth-order valence-corrected chi connectivity index (χ4v) is 3.57. The van der Waals surface area contributed by atoms with Gasteiger partial charge in [0.15, 0.2) is 0 Å². The van der Waals surface area contributed by atoms with Gasteiger partial charge in [-0.25, -0.2) is 4.39 Å². The number of anilines is 3. The van der Waals surface area contributed by atoms with Gasteiger partial charge < -0.3 is 16.0 Å². The summed E-state index contributed by atoms with van der Waals surface area (Å²) in [5.41, 5.74) is 2.10. The molecule has 0 aliphatic heterocycles. The zero-order valence-electron chi connectivity index (χ0n) is 15.7. The minimum absolute atomic E-state index is 0.177. The van der Waals surface area contributed by atoms with Crippen LogP contribution in [0.1, 0.15) is 32.5 Å². The SMILES string of the molecule is CC(=O)Nc1ccc(NC(=O)c2sc(NC(=O)c3cccc(F)c3)cc2C)cc1. The number of carbonyl (C=O) groups excluding carboxylic acids is 3. The highest BCUT2D eigenvalue weighted by molar-refractivity contribution is 7.18. The summed E-state index contributed by atoms with van der Waals surface area (Å²) in [6, 6.07) is 13.8. The van der Waals surface area contributed by atoms with Gasteiger partial charge in [0.25, 0.3) is 11.8 Å². The van der Waals surface area contributed by atoms with E-state index in [9.17, 15) is 18.8 Å². The molecule has 1 heterocycles. The first-order valence-corrected chi connectivity index (χ1v) is 9.50. The highest BCUT2D eigenvalue weighted by Crippen LogP contribution is 2.28. The highest BCUT2D eigenvalue weighted by atomic mass is 32.1. The monoisotopic (exact) mass is 411 g/mol. The molecular formula is C21H18FN3O3S. The zero-order valence-corrected chi connectivity index (χ0v) is 16.5. The maximum absolute atomic E-state index is 13.3. The van der Waals surface area contributed by atoms with Crippen LogP contribution in [0.25, 0.3) is 0 Å². The van der Waals surface area contributed by atoms with Crippen molar-refractivity contribution in [3.05, 3.63) is 76.4 Å². The molecular weight excluding hydrogens is 393 g/mol. The largest absolute Gasteiger partial charge is 0.326 e. The summed E-state index contributed by atoms with van der Waals surface area (Å²) in [5.74, 6) is -1.44. The van der Waals surface area contributed by atoms with Gasteiger partial charge in [0.2, 0.25) is 5.91 Å². The van der Waals surface area contributed by atoms with E-state index in [1.807, 2.05) is 0 Å². The van der Waals surface area contributed by atoms with Crippen LogP contribution < -0.4 is 16.0 Å². The lowest BCUT2D eigenvalue weighted by atomic mass is 10.2. The molecule has 0 saturated heterocycles. The molecule has 0 unspecified atom stereocenters. The molecule has 0 bridgehead atoms. The third kappa shape index (κ3) is 5.26. The lowest BCUT2D eigenvalue weighted by Crippen LogP contribution is -2.12. The minimum atomic E-state index is -0.496. The van der Waals surface area contributed by atoms with Gasteiger partial charge in [0.1, 0.15) is 5.82 Å². The van der Waals surface area contributed by atoms with E-state index in [0.29, 0.717) is 26.8 Å². The van der Waals surface area contributed by atoms with Gasteiger partial charge >= 0.3 is 0 Å². The summed E-state index contributed by atoms with van der Waals surface area (Å²) in [6.07, 6.45) is 0. The Bertz CT molecular complexity index is 1080. The molecule has 2 aromatic carbocycles. The molecule has 0 spiro atoms. The van der Waals surface area contributed by atoms with Gasteiger partial charge in [-0.05, 0) is 61.0 Å². The Morgan fingerprint density at radius 3 is 2.14 bits per heavy atom. The van der Waals surface area contributed by atoms with E-state index < -0.39 is 11.7 Å². The summed E-state index contributed by atoms with van der Waals surface area (Å²) < 4.78 is 13.3. The van der Waals surface area contributed by atoms with Crippen molar-refractivity contribution in [1.29, 1.82) is 0 Å². The van der Waals surface area contributed by atoms with Crippen LogP contribution in [0, 0.1) is 12.7 Å².